The molecule has 0 aliphatic carbocycles. The second-order valence-corrected chi connectivity index (χ2v) is 49.1. The van der Waals surface area contributed by atoms with Gasteiger partial charge in [-0.3, -0.25) is 0 Å². The van der Waals surface area contributed by atoms with Crippen LogP contribution in [-0.4, -0.2) is 42.8 Å². The summed E-state index contributed by atoms with van der Waals surface area (Å²) in [7, 11) is 4.72. The molecule has 0 saturated carbocycles. The normalized spacial score (nSPS) is 25.0. The third-order valence-electron chi connectivity index (χ3n) is 2.05. The number of nitrogen functional groups attached to an aromatic ring is 1. The zero-order valence-corrected chi connectivity index (χ0v) is 14.6. The van der Waals surface area contributed by atoms with Crippen molar-refractivity contribution < 1.29 is 0 Å². The molecule has 0 bridgehead atoms. The number of hydrogen-bond acceptors (Lipinski definition) is 1. The van der Waals surface area contributed by atoms with E-state index in [9.17, 15) is 0 Å². The fraction of sp³-hybridized carbons (Fsp3) is 0. The molecule has 1 nitrogen and oxygen atoms in total. The molecule has 0 radical (unpaired) electrons. The van der Waals surface area contributed by atoms with Gasteiger partial charge < -0.3 is 5.73 Å². The second-order valence-electron chi connectivity index (χ2n) is 3.18. The Balaban J connectivity index is 0.000000127. The molecule has 6 heteroatoms. The summed E-state index contributed by atoms with van der Waals surface area (Å²) >= 11 is 0. The fourth-order valence-electron chi connectivity index (χ4n) is 1.34. The molecule has 1 saturated heterocycles. The predicted octanol–water partition coefficient (Wildman–Crippen LogP) is -3.31. The minimum absolute atomic E-state index is 0.822. The summed E-state index contributed by atoms with van der Waals surface area (Å²) in [5, 5.41) is 0. The first kappa shape index (κ1) is 10.2. The number of nitrogens with two attached hydrogens (primary N) is 1. The van der Waals surface area contributed by atoms with E-state index < -0.39 is 0 Å². The molecule has 2 N–H and O–H groups in total. The van der Waals surface area contributed by atoms with Gasteiger partial charge in [0, 0.05) is 5.69 Å². The molecule has 2 rings (SSSR count). The Bertz CT molecular complexity index is 193. The minimum Gasteiger partial charge on any atom is -0.399 e. The van der Waals surface area contributed by atoms with Crippen molar-refractivity contribution >= 4 is 48.5 Å². The minimum atomic E-state index is 0.822. The predicted molar refractivity (Wildman–Crippen MR) is 73.6 cm³/mol. The molecular formula is C6H17NSi5. The summed E-state index contributed by atoms with van der Waals surface area (Å²) in [5.41, 5.74) is 6.18. The van der Waals surface area contributed by atoms with Gasteiger partial charge in [-0.05, 0) is 54.9 Å². The Morgan fingerprint density at radius 2 is 1.17 bits per heavy atom. The molecule has 1 fully saturated rings. The van der Waals surface area contributed by atoms with Crippen molar-refractivity contribution in [2.24, 2.45) is 0 Å². The van der Waals surface area contributed by atoms with E-state index in [-0.39, 0.29) is 0 Å². The quantitative estimate of drug-likeness (QED) is 0.375. The van der Waals surface area contributed by atoms with Gasteiger partial charge in [0.2, 0.25) is 0 Å². The summed E-state index contributed by atoms with van der Waals surface area (Å²) in [5.74, 6) is 0. The number of benzene rings is 1. The topological polar surface area (TPSA) is 26.0 Å². The molecule has 12 heavy (non-hydrogen) atoms. The van der Waals surface area contributed by atoms with Crippen molar-refractivity contribution in [1.29, 1.82) is 0 Å². The number of rotatable bonds is 0. The van der Waals surface area contributed by atoms with E-state index in [0.29, 0.717) is 0 Å². The summed E-state index contributed by atoms with van der Waals surface area (Å²) in [6.07, 6.45) is 0. The molecule has 0 unspecified atom stereocenters. The number of anilines is 1. The van der Waals surface area contributed by atoms with Gasteiger partial charge in [-0.25, -0.2) is 0 Å². The van der Waals surface area contributed by atoms with Crippen LogP contribution < -0.4 is 5.73 Å². The first-order valence-corrected chi connectivity index (χ1v) is 24.7. The lowest BCUT2D eigenvalue weighted by atomic mass is 10.3. The Hall–Kier alpha value is 0.104. The SMILES string of the molecule is Nc1ccccc1.[SiH2]1[SiH2][SiH2][SiH2][SiH2]1. The van der Waals surface area contributed by atoms with E-state index in [1.807, 2.05) is 30.3 Å². The monoisotopic (exact) mass is 243 g/mol. The van der Waals surface area contributed by atoms with Crippen LogP contribution in [0.5, 0.6) is 0 Å². The van der Waals surface area contributed by atoms with Crippen LogP contribution in [0.4, 0.5) is 5.69 Å². The molecule has 0 aromatic heterocycles. The van der Waals surface area contributed by atoms with Crippen LogP contribution in [0, 0.1) is 0 Å². The first-order valence-electron chi connectivity index (χ1n) is 4.70. The zero-order valence-electron chi connectivity index (χ0n) is 7.50. The third kappa shape index (κ3) is 4.88. The third-order valence-corrected chi connectivity index (χ3v) is 102. The van der Waals surface area contributed by atoms with Crippen LogP contribution in [0.1, 0.15) is 0 Å². The van der Waals surface area contributed by atoms with Gasteiger partial charge in [0.05, 0.1) is 0 Å². The van der Waals surface area contributed by atoms with Crippen molar-refractivity contribution in [1.82, 2.24) is 0 Å². The van der Waals surface area contributed by atoms with Crippen LogP contribution >= 0.6 is 0 Å². The lowest BCUT2D eigenvalue weighted by Gasteiger charge is -1.83. The Morgan fingerprint density at radius 1 is 0.750 bits per heavy atom. The van der Waals surface area contributed by atoms with Gasteiger partial charge in [0.1, 0.15) is 0 Å². The molecule has 0 atom stereocenters. The number of para-hydroxylation sites is 1. The van der Waals surface area contributed by atoms with E-state index in [2.05, 4.69) is 0 Å². The van der Waals surface area contributed by atoms with E-state index >= 15 is 0 Å². The highest BCUT2D eigenvalue weighted by Crippen LogP contribution is 1.95. The zero-order chi connectivity index (χ0) is 8.65. The van der Waals surface area contributed by atoms with Crippen LogP contribution in [-0.2, 0) is 0 Å². The maximum absolute atomic E-state index is 5.36. The molecule has 1 aromatic rings. The van der Waals surface area contributed by atoms with E-state index in [0.717, 1.165) is 48.5 Å². The van der Waals surface area contributed by atoms with Gasteiger partial charge in [-0.15, -0.1) is 0 Å². The smallest absolute Gasteiger partial charge is 0.0313 e. The summed E-state index contributed by atoms with van der Waals surface area (Å²) in [6.45, 7) is 0. The summed E-state index contributed by atoms with van der Waals surface area (Å²) in [4.78, 5) is 0. The lowest BCUT2D eigenvalue weighted by molar-refractivity contribution is 1.69. The summed E-state index contributed by atoms with van der Waals surface area (Å²) < 4.78 is 0. The Morgan fingerprint density at radius 3 is 1.42 bits per heavy atom. The molecule has 1 aliphatic heterocycles. The highest BCUT2D eigenvalue weighted by Gasteiger charge is 1.99. The molecule has 1 aromatic carbocycles. The van der Waals surface area contributed by atoms with E-state index in [1.54, 1.807) is 0 Å². The highest BCUT2D eigenvalue weighted by molar-refractivity contribution is 7.76. The van der Waals surface area contributed by atoms with Gasteiger partial charge >= 0.3 is 0 Å². The van der Waals surface area contributed by atoms with Gasteiger partial charge in [0.15, 0.2) is 0 Å². The second kappa shape index (κ2) is 6.60. The molecule has 1 heterocycles. The van der Waals surface area contributed by atoms with Crippen LogP contribution in [0.25, 0.3) is 0 Å². The molecule has 1 aliphatic rings. The summed E-state index contributed by atoms with van der Waals surface area (Å²) in [6, 6.07) is 9.49. The van der Waals surface area contributed by atoms with Crippen molar-refractivity contribution in [3.8, 4) is 0 Å². The average Bonchev–Trinajstić information content (AvgIpc) is 2.62. The van der Waals surface area contributed by atoms with Crippen LogP contribution in [0.15, 0.2) is 30.3 Å². The van der Waals surface area contributed by atoms with Gasteiger partial charge in [-0.1, -0.05) is 18.2 Å². The largest absolute Gasteiger partial charge is 0.399 e. The van der Waals surface area contributed by atoms with Crippen molar-refractivity contribution in [3.05, 3.63) is 30.3 Å². The highest BCUT2D eigenvalue weighted by atomic mass is 30.1. The fourth-order valence-corrected chi connectivity index (χ4v) is 215. The van der Waals surface area contributed by atoms with Crippen molar-refractivity contribution in [3.63, 3.8) is 0 Å². The maximum atomic E-state index is 5.36. The molecule has 0 spiro atoms. The maximum Gasteiger partial charge on any atom is 0.0313 e. The van der Waals surface area contributed by atoms with Crippen molar-refractivity contribution in [2.75, 3.05) is 5.73 Å². The Labute approximate surface area is 84.6 Å². The first-order chi connectivity index (χ1) is 5.89. The van der Waals surface area contributed by atoms with E-state index in [4.69, 9.17) is 5.73 Å². The number of hydrogen-bond donors (Lipinski definition) is 1. The average molecular weight is 244 g/mol. The molecular weight excluding hydrogens is 227 g/mol. The molecule has 66 valence electrons. The van der Waals surface area contributed by atoms with Gasteiger partial charge in [-0.2, -0.15) is 0 Å². The van der Waals surface area contributed by atoms with Crippen LogP contribution in [0.3, 0.4) is 0 Å². The lowest BCUT2D eigenvalue weighted by Crippen LogP contribution is -2.00. The molecule has 0 amide bonds. The van der Waals surface area contributed by atoms with E-state index in [1.165, 1.54) is 0 Å². The van der Waals surface area contributed by atoms with Crippen LogP contribution in [0.2, 0.25) is 0 Å². The van der Waals surface area contributed by atoms with Crippen molar-refractivity contribution in [2.45, 2.75) is 0 Å². The standard InChI is InChI=1S/C6H7N.H10Si5/c7-6-4-2-1-3-5-6;1-2-4-5-3-1/h1-5H,7H2;1-5H2. The van der Waals surface area contributed by atoms with Gasteiger partial charge in [0.25, 0.3) is 0 Å². The Kier molecular flexibility index (Phi) is 5.60.